The van der Waals surface area contributed by atoms with E-state index in [0.29, 0.717) is 5.69 Å². The lowest BCUT2D eigenvalue weighted by atomic mass is 10.0. The first-order valence-corrected chi connectivity index (χ1v) is 7.13. The van der Waals surface area contributed by atoms with Gasteiger partial charge in [0, 0.05) is 18.3 Å². The summed E-state index contributed by atoms with van der Waals surface area (Å²) < 4.78 is 1.38. The molecule has 1 atom stereocenters. The second kappa shape index (κ2) is 6.90. The molecule has 9 nitrogen and oxygen atoms in total. The van der Waals surface area contributed by atoms with Crippen molar-refractivity contribution in [2.24, 2.45) is 5.92 Å². The summed E-state index contributed by atoms with van der Waals surface area (Å²) in [6.45, 7) is 3.38. The van der Waals surface area contributed by atoms with Crippen molar-refractivity contribution in [1.29, 1.82) is 0 Å². The monoisotopic (exact) mass is 332 g/mol. The number of non-ortho nitro benzene ring substituents is 1. The predicted molar refractivity (Wildman–Crippen MR) is 83.9 cm³/mol. The number of nitrogens with one attached hydrogen (secondary N) is 1. The molecule has 0 saturated carbocycles. The van der Waals surface area contributed by atoms with E-state index in [1.54, 1.807) is 13.8 Å². The third-order valence-electron chi connectivity index (χ3n) is 3.37. The fourth-order valence-electron chi connectivity index (χ4n) is 2.04. The van der Waals surface area contributed by atoms with Crippen LogP contribution in [0.3, 0.4) is 0 Å². The minimum absolute atomic E-state index is 0.0508. The van der Waals surface area contributed by atoms with E-state index in [-0.39, 0.29) is 17.3 Å². The highest BCUT2D eigenvalue weighted by Gasteiger charge is 2.24. The minimum atomic E-state index is -1.12. The zero-order valence-electron chi connectivity index (χ0n) is 13.0. The number of amides is 1. The highest BCUT2D eigenvalue weighted by molar-refractivity contribution is 5.95. The van der Waals surface area contributed by atoms with Crippen molar-refractivity contribution in [3.63, 3.8) is 0 Å². The topological polar surface area (TPSA) is 127 Å². The van der Waals surface area contributed by atoms with Crippen LogP contribution in [0.4, 0.5) is 5.69 Å². The van der Waals surface area contributed by atoms with E-state index in [2.05, 4.69) is 10.4 Å². The van der Waals surface area contributed by atoms with Crippen LogP contribution in [-0.4, -0.2) is 37.7 Å². The molecule has 2 N–H and O–H groups in total. The van der Waals surface area contributed by atoms with E-state index < -0.39 is 22.8 Å². The second-order valence-corrected chi connectivity index (χ2v) is 5.45. The maximum absolute atomic E-state index is 12.1. The molecule has 0 aliphatic carbocycles. The molecule has 1 amide bonds. The number of carboxylic acids is 1. The van der Waals surface area contributed by atoms with Crippen LogP contribution in [0.5, 0.6) is 0 Å². The van der Waals surface area contributed by atoms with E-state index in [9.17, 15) is 19.7 Å². The molecule has 126 valence electrons. The number of hydrogen-bond acceptors (Lipinski definition) is 5. The fourth-order valence-corrected chi connectivity index (χ4v) is 2.04. The lowest BCUT2D eigenvalue weighted by Gasteiger charge is -2.16. The van der Waals surface area contributed by atoms with Gasteiger partial charge in [0.1, 0.15) is 6.04 Å². The molecule has 1 aromatic heterocycles. The molecule has 0 saturated heterocycles. The third-order valence-corrected chi connectivity index (χ3v) is 3.37. The van der Waals surface area contributed by atoms with Gasteiger partial charge in [0.2, 0.25) is 0 Å². The number of nitro groups is 1. The highest BCUT2D eigenvalue weighted by Crippen LogP contribution is 2.15. The van der Waals surface area contributed by atoms with Crippen LogP contribution < -0.4 is 5.32 Å². The molecule has 0 bridgehead atoms. The van der Waals surface area contributed by atoms with Crippen molar-refractivity contribution >= 4 is 17.6 Å². The molecule has 0 aliphatic heterocycles. The Balaban J connectivity index is 2.16. The van der Waals surface area contributed by atoms with Gasteiger partial charge >= 0.3 is 5.97 Å². The van der Waals surface area contributed by atoms with E-state index in [4.69, 9.17) is 5.11 Å². The first-order valence-electron chi connectivity index (χ1n) is 7.13. The Bertz CT molecular complexity index is 766. The van der Waals surface area contributed by atoms with E-state index >= 15 is 0 Å². The molecule has 0 unspecified atom stereocenters. The number of nitrogens with zero attached hydrogens (tertiary/aromatic N) is 3. The van der Waals surface area contributed by atoms with Gasteiger partial charge in [0.05, 0.1) is 10.6 Å². The van der Waals surface area contributed by atoms with Crippen molar-refractivity contribution in [3.8, 4) is 5.69 Å². The number of aromatic nitrogens is 2. The van der Waals surface area contributed by atoms with Crippen molar-refractivity contribution in [2.75, 3.05) is 0 Å². The van der Waals surface area contributed by atoms with Crippen molar-refractivity contribution in [3.05, 3.63) is 52.3 Å². The van der Waals surface area contributed by atoms with Crippen LogP contribution in [0.2, 0.25) is 0 Å². The Morgan fingerprint density at radius 2 is 1.88 bits per heavy atom. The normalized spacial score (nSPS) is 12.0. The van der Waals surface area contributed by atoms with Gasteiger partial charge in [0.25, 0.3) is 11.6 Å². The summed E-state index contributed by atoms with van der Waals surface area (Å²) in [5.41, 5.74) is 0.545. The molecule has 0 spiro atoms. The van der Waals surface area contributed by atoms with Gasteiger partial charge in [-0.25, -0.2) is 9.48 Å². The van der Waals surface area contributed by atoms with Crippen molar-refractivity contribution < 1.29 is 19.6 Å². The molecular weight excluding hydrogens is 316 g/mol. The number of carbonyl (C=O) groups is 2. The van der Waals surface area contributed by atoms with Gasteiger partial charge < -0.3 is 10.4 Å². The quantitative estimate of drug-likeness (QED) is 0.611. The van der Waals surface area contributed by atoms with Crippen molar-refractivity contribution in [2.45, 2.75) is 19.9 Å². The molecule has 9 heteroatoms. The summed E-state index contributed by atoms with van der Waals surface area (Å²) in [7, 11) is 0. The lowest BCUT2D eigenvalue weighted by molar-refractivity contribution is -0.384. The maximum Gasteiger partial charge on any atom is 0.326 e. The van der Waals surface area contributed by atoms with Gasteiger partial charge in [-0.2, -0.15) is 5.10 Å². The number of carbonyl (C=O) groups excluding carboxylic acids is 1. The Kier molecular flexibility index (Phi) is 4.93. The summed E-state index contributed by atoms with van der Waals surface area (Å²) in [5.74, 6) is -1.99. The fraction of sp³-hybridized carbons (Fsp3) is 0.267. The number of aliphatic carboxylic acids is 1. The van der Waals surface area contributed by atoms with Gasteiger partial charge in [-0.05, 0) is 24.1 Å². The van der Waals surface area contributed by atoms with Gasteiger partial charge in [-0.15, -0.1) is 0 Å². The number of benzene rings is 1. The molecule has 2 aromatic rings. The smallest absolute Gasteiger partial charge is 0.326 e. The summed E-state index contributed by atoms with van der Waals surface area (Å²) in [6, 6.07) is 6.09. The summed E-state index contributed by atoms with van der Waals surface area (Å²) in [6.07, 6.45) is 1.52. The number of nitro benzene ring substituents is 1. The largest absolute Gasteiger partial charge is 0.480 e. The molecule has 1 heterocycles. The van der Waals surface area contributed by atoms with E-state index in [1.807, 2.05) is 0 Å². The van der Waals surface area contributed by atoms with E-state index in [1.165, 1.54) is 41.2 Å². The lowest BCUT2D eigenvalue weighted by Crippen LogP contribution is -2.44. The van der Waals surface area contributed by atoms with Crippen LogP contribution in [-0.2, 0) is 4.79 Å². The zero-order chi connectivity index (χ0) is 17.9. The molecular formula is C15H16N4O5. The van der Waals surface area contributed by atoms with Crippen LogP contribution in [0, 0.1) is 16.0 Å². The summed E-state index contributed by atoms with van der Waals surface area (Å²) in [4.78, 5) is 33.4. The summed E-state index contributed by atoms with van der Waals surface area (Å²) >= 11 is 0. The Labute approximate surface area is 137 Å². The number of hydrogen-bond donors (Lipinski definition) is 2. The number of rotatable bonds is 6. The average molecular weight is 332 g/mol. The maximum atomic E-state index is 12.1. The van der Waals surface area contributed by atoms with Crippen LogP contribution in [0.1, 0.15) is 24.3 Å². The standard InChI is InChI=1S/C15H16N4O5/c1-9(2)13(15(21)22)16-14(20)12-7-8-18(17-12)10-3-5-11(6-4-10)19(23)24/h3-9,13H,1-2H3,(H,16,20)(H,21,22)/t13-/m0/s1. The number of carboxylic acid groups (broad SMARTS) is 1. The Morgan fingerprint density at radius 1 is 1.25 bits per heavy atom. The van der Waals surface area contributed by atoms with Crippen LogP contribution in [0.25, 0.3) is 5.69 Å². The first-order chi connectivity index (χ1) is 11.3. The van der Waals surface area contributed by atoms with E-state index in [0.717, 1.165) is 0 Å². The van der Waals surface area contributed by atoms with Crippen LogP contribution >= 0.6 is 0 Å². The Hall–Kier alpha value is -3.23. The van der Waals surface area contributed by atoms with Gasteiger partial charge in [-0.3, -0.25) is 14.9 Å². The average Bonchev–Trinajstić information content (AvgIpc) is 3.01. The second-order valence-electron chi connectivity index (χ2n) is 5.45. The molecule has 2 rings (SSSR count). The predicted octanol–water partition coefficient (Wildman–Crippen LogP) is 1.62. The zero-order valence-corrected chi connectivity index (χ0v) is 13.0. The van der Waals surface area contributed by atoms with Gasteiger partial charge in [0.15, 0.2) is 5.69 Å². The highest BCUT2D eigenvalue weighted by atomic mass is 16.6. The van der Waals surface area contributed by atoms with Gasteiger partial charge in [-0.1, -0.05) is 13.8 Å². The molecule has 0 fully saturated rings. The van der Waals surface area contributed by atoms with Crippen molar-refractivity contribution in [1.82, 2.24) is 15.1 Å². The molecule has 0 aliphatic rings. The third kappa shape index (κ3) is 3.75. The Morgan fingerprint density at radius 3 is 2.38 bits per heavy atom. The molecule has 0 radical (unpaired) electrons. The first kappa shape index (κ1) is 17.1. The molecule has 24 heavy (non-hydrogen) atoms. The summed E-state index contributed by atoms with van der Waals surface area (Å²) in [5, 5.41) is 26.2. The van der Waals surface area contributed by atoms with Crippen LogP contribution in [0.15, 0.2) is 36.5 Å². The minimum Gasteiger partial charge on any atom is -0.480 e. The SMILES string of the molecule is CC(C)[C@H](NC(=O)c1ccn(-c2ccc([N+](=O)[O-])cc2)n1)C(=O)O. The molecule has 1 aromatic carbocycles.